The molecule has 0 aromatic carbocycles. The lowest BCUT2D eigenvalue weighted by molar-refractivity contribution is -0.139. The number of carbonyl (C=O) groups is 3. The van der Waals surface area contributed by atoms with Gasteiger partial charge in [0.1, 0.15) is 14.2 Å². The first-order chi connectivity index (χ1) is 12.5. The highest BCUT2D eigenvalue weighted by Gasteiger charge is 2.21. The molecule has 176 valence electrons. The van der Waals surface area contributed by atoms with E-state index in [-0.39, 0.29) is 19.8 Å². The SMILES string of the molecule is CC(C)(S)C(=O)O.CC(C)(S)C(=O)O.CC(C)(S)C(=O)O.CC(CO)(CO)CO. The molecule has 12 heteroatoms. The number of aliphatic hydroxyl groups is 3. The van der Waals surface area contributed by atoms with Gasteiger partial charge in [-0.15, -0.1) is 0 Å². The van der Waals surface area contributed by atoms with E-state index in [1.165, 1.54) is 41.5 Å². The zero-order valence-corrected chi connectivity index (χ0v) is 20.6. The van der Waals surface area contributed by atoms with Gasteiger partial charge in [-0.3, -0.25) is 14.4 Å². The number of carboxylic acid groups (broad SMARTS) is 3. The molecule has 0 fully saturated rings. The molecule has 0 atom stereocenters. The number of rotatable bonds is 6. The molecule has 0 radical (unpaired) electrons. The molecule has 0 heterocycles. The third kappa shape index (κ3) is 25.3. The van der Waals surface area contributed by atoms with Gasteiger partial charge in [0, 0.05) is 5.41 Å². The lowest BCUT2D eigenvalue weighted by Crippen LogP contribution is -2.29. The molecule has 0 spiro atoms. The fraction of sp³-hybridized carbons (Fsp3) is 0.824. The predicted octanol–water partition coefficient (Wildman–Crippen LogP) is 1.31. The second-order valence-corrected chi connectivity index (χ2v) is 11.2. The lowest BCUT2D eigenvalue weighted by Gasteiger charge is -2.20. The summed E-state index contributed by atoms with van der Waals surface area (Å²) >= 11 is 11.2. The average molecular weight is 481 g/mol. The molecule has 9 nitrogen and oxygen atoms in total. The van der Waals surface area contributed by atoms with Gasteiger partial charge in [-0.1, -0.05) is 6.92 Å². The third-order valence-corrected chi connectivity index (χ3v) is 3.29. The fourth-order valence-corrected chi connectivity index (χ4v) is 0.150. The molecule has 0 aromatic heterocycles. The summed E-state index contributed by atoms with van der Waals surface area (Å²) in [5.41, 5.74) is -0.708. The Morgan fingerprint density at radius 3 is 0.655 bits per heavy atom. The fourth-order valence-electron chi connectivity index (χ4n) is 0.150. The van der Waals surface area contributed by atoms with Crippen molar-refractivity contribution in [2.45, 2.75) is 62.7 Å². The summed E-state index contributed by atoms with van der Waals surface area (Å²) in [4.78, 5) is 29.8. The Morgan fingerprint density at radius 1 is 0.552 bits per heavy atom. The van der Waals surface area contributed by atoms with Crippen LogP contribution in [0.5, 0.6) is 0 Å². The van der Waals surface area contributed by atoms with Crippen molar-refractivity contribution in [1.29, 1.82) is 0 Å². The minimum Gasteiger partial charge on any atom is -0.480 e. The molecule has 0 rings (SSSR count). The second-order valence-electron chi connectivity index (χ2n) is 7.88. The highest BCUT2D eigenvalue weighted by atomic mass is 32.1. The van der Waals surface area contributed by atoms with Crippen molar-refractivity contribution in [1.82, 2.24) is 0 Å². The van der Waals surface area contributed by atoms with Gasteiger partial charge in [0.2, 0.25) is 0 Å². The minimum atomic E-state index is -0.893. The molecule has 0 saturated carbocycles. The van der Waals surface area contributed by atoms with Crippen LogP contribution in [0.15, 0.2) is 0 Å². The van der Waals surface area contributed by atoms with Crippen molar-refractivity contribution in [2.75, 3.05) is 19.8 Å². The Labute approximate surface area is 188 Å². The standard InChI is InChI=1S/C5H12O3.3C4H8O2S/c1-5(2-6,3-7)4-8;3*1-4(2,7)3(5)6/h6-8H,2-4H2,1H3;3*7H,1-2H3,(H,5,6). The maximum Gasteiger partial charge on any atom is 0.318 e. The Hall–Kier alpha value is -0.660. The van der Waals surface area contributed by atoms with Crippen molar-refractivity contribution in [2.24, 2.45) is 5.41 Å². The van der Waals surface area contributed by atoms with Crippen LogP contribution in [-0.4, -0.2) is 82.6 Å². The summed E-state index contributed by atoms with van der Waals surface area (Å²) in [6.45, 7) is 10.2. The first-order valence-electron chi connectivity index (χ1n) is 8.21. The molecule has 6 N–H and O–H groups in total. The van der Waals surface area contributed by atoms with Gasteiger partial charge < -0.3 is 30.6 Å². The van der Waals surface area contributed by atoms with E-state index >= 15 is 0 Å². The predicted molar refractivity (Wildman–Crippen MR) is 121 cm³/mol. The molecule has 29 heavy (non-hydrogen) atoms. The topological polar surface area (TPSA) is 173 Å². The van der Waals surface area contributed by atoms with Crippen LogP contribution in [0.3, 0.4) is 0 Å². The molecular formula is C17H36O9S3. The Bertz CT molecular complexity index is 421. The molecule has 0 bridgehead atoms. The van der Waals surface area contributed by atoms with Crippen LogP contribution in [-0.2, 0) is 14.4 Å². The quantitative estimate of drug-likeness (QED) is 0.254. The smallest absolute Gasteiger partial charge is 0.318 e. The van der Waals surface area contributed by atoms with E-state index in [0.29, 0.717) is 0 Å². The Balaban J connectivity index is -0.000000144. The average Bonchev–Trinajstić information content (AvgIpc) is 2.53. The molecule has 0 aliphatic heterocycles. The largest absolute Gasteiger partial charge is 0.480 e. The summed E-state index contributed by atoms with van der Waals surface area (Å²) in [5.74, 6) is -2.68. The van der Waals surface area contributed by atoms with Crippen LogP contribution >= 0.6 is 37.9 Å². The Morgan fingerprint density at radius 2 is 0.655 bits per heavy atom. The zero-order valence-electron chi connectivity index (χ0n) is 17.9. The molecular weight excluding hydrogens is 444 g/mol. The van der Waals surface area contributed by atoms with Gasteiger partial charge in [-0.05, 0) is 41.5 Å². The number of aliphatic hydroxyl groups excluding tert-OH is 3. The second kappa shape index (κ2) is 15.2. The minimum absolute atomic E-state index is 0.181. The number of carboxylic acids is 3. The van der Waals surface area contributed by atoms with Gasteiger partial charge in [0.15, 0.2) is 0 Å². The van der Waals surface area contributed by atoms with Gasteiger partial charge in [-0.25, -0.2) is 0 Å². The van der Waals surface area contributed by atoms with Crippen LogP contribution in [0, 0.1) is 5.41 Å². The maximum absolute atomic E-state index is 9.94. The molecule has 0 aliphatic carbocycles. The number of hydrogen-bond donors (Lipinski definition) is 9. The van der Waals surface area contributed by atoms with Crippen molar-refractivity contribution < 1.29 is 45.0 Å². The number of aliphatic carboxylic acids is 3. The maximum atomic E-state index is 9.94. The highest BCUT2D eigenvalue weighted by Crippen LogP contribution is 2.12. The van der Waals surface area contributed by atoms with Crippen LogP contribution in [0.2, 0.25) is 0 Å². The summed E-state index contributed by atoms with van der Waals surface area (Å²) in [6, 6.07) is 0. The van der Waals surface area contributed by atoms with Crippen molar-refractivity contribution in [3.05, 3.63) is 0 Å². The van der Waals surface area contributed by atoms with Crippen molar-refractivity contribution >= 4 is 55.8 Å². The number of hydrogen-bond acceptors (Lipinski definition) is 9. The Kier molecular flexibility index (Phi) is 18.7. The van der Waals surface area contributed by atoms with E-state index in [2.05, 4.69) is 37.9 Å². The van der Waals surface area contributed by atoms with Gasteiger partial charge in [-0.2, -0.15) is 37.9 Å². The van der Waals surface area contributed by atoms with E-state index in [0.717, 1.165) is 0 Å². The molecule has 0 saturated heterocycles. The monoisotopic (exact) mass is 480 g/mol. The van der Waals surface area contributed by atoms with Crippen LogP contribution < -0.4 is 0 Å². The van der Waals surface area contributed by atoms with Gasteiger partial charge in [0.25, 0.3) is 0 Å². The molecule has 0 amide bonds. The van der Waals surface area contributed by atoms with Crippen LogP contribution in [0.1, 0.15) is 48.5 Å². The van der Waals surface area contributed by atoms with E-state index in [9.17, 15) is 14.4 Å². The van der Waals surface area contributed by atoms with E-state index in [1.807, 2.05) is 0 Å². The lowest BCUT2D eigenvalue weighted by atomic mass is 9.95. The van der Waals surface area contributed by atoms with Crippen LogP contribution in [0.4, 0.5) is 0 Å². The zero-order chi connectivity index (χ0) is 24.9. The summed E-state index contributed by atoms with van der Waals surface area (Å²) in [5, 5.41) is 49.9. The first kappa shape index (κ1) is 35.8. The third-order valence-electron chi connectivity index (χ3n) is 2.72. The van der Waals surface area contributed by atoms with Crippen molar-refractivity contribution in [3.63, 3.8) is 0 Å². The summed E-state index contributed by atoms with van der Waals surface area (Å²) in [6.07, 6.45) is 0. The van der Waals surface area contributed by atoms with E-state index in [1.54, 1.807) is 6.92 Å². The highest BCUT2D eigenvalue weighted by molar-refractivity contribution is 7.83. The first-order valence-corrected chi connectivity index (χ1v) is 9.55. The molecule has 0 unspecified atom stereocenters. The van der Waals surface area contributed by atoms with Gasteiger partial charge in [0.05, 0.1) is 19.8 Å². The van der Waals surface area contributed by atoms with Gasteiger partial charge >= 0.3 is 17.9 Å². The number of thiol groups is 3. The van der Waals surface area contributed by atoms with Crippen molar-refractivity contribution in [3.8, 4) is 0 Å². The summed E-state index contributed by atoms with van der Waals surface area (Å²) < 4.78 is -2.67. The molecule has 0 aliphatic rings. The van der Waals surface area contributed by atoms with E-state index in [4.69, 9.17) is 30.6 Å². The summed E-state index contributed by atoms with van der Waals surface area (Å²) in [7, 11) is 0. The van der Waals surface area contributed by atoms with Crippen LogP contribution in [0.25, 0.3) is 0 Å². The normalized spacial score (nSPS) is 11.5. The van der Waals surface area contributed by atoms with E-state index < -0.39 is 37.6 Å². The molecule has 0 aromatic rings.